The van der Waals surface area contributed by atoms with Crippen LogP contribution in [0, 0.1) is 0 Å². The number of para-hydroxylation sites is 1. The van der Waals surface area contributed by atoms with E-state index in [1.165, 1.54) is 0 Å². The molecule has 136 valence electrons. The minimum atomic E-state index is -3.14. The van der Waals surface area contributed by atoms with Gasteiger partial charge in [0.1, 0.15) is 5.82 Å². The maximum Gasteiger partial charge on any atom is 0.213 e. The Bertz CT molecular complexity index is 1010. The van der Waals surface area contributed by atoms with Crippen molar-refractivity contribution < 1.29 is 8.42 Å². The number of hydrogen-bond acceptors (Lipinski definition) is 6. The second-order valence-corrected chi connectivity index (χ2v) is 9.36. The highest BCUT2D eigenvalue weighted by molar-refractivity contribution is 7.89. The summed E-state index contributed by atoms with van der Waals surface area (Å²) in [4.78, 5) is 12.7. The second kappa shape index (κ2) is 6.94. The van der Waals surface area contributed by atoms with E-state index >= 15 is 0 Å². The van der Waals surface area contributed by atoms with Gasteiger partial charge in [-0.05, 0) is 30.5 Å². The van der Waals surface area contributed by atoms with Gasteiger partial charge in [-0.2, -0.15) is 4.31 Å². The van der Waals surface area contributed by atoms with Gasteiger partial charge in [0, 0.05) is 31.6 Å². The van der Waals surface area contributed by atoms with Gasteiger partial charge in [0.05, 0.1) is 16.1 Å². The summed E-state index contributed by atoms with van der Waals surface area (Å²) in [5.74, 6) is 1.75. The summed E-state index contributed by atoms with van der Waals surface area (Å²) in [7, 11) is -3.14. The summed E-state index contributed by atoms with van der Waals surface area (Å²) in [5, 5.41) is 3.02. The summed E-state index contributed by atoms with van der Waals surface area (Å²) < 4.78 is 25.8. The van der Waals surface area contributed by atoms with E-state index in [0.29, 0.717) is 26.2 Å². The molecule has 0 bridgehead atoms. The van der Waals surface area contributed by atoms with Crippen molar-refractivity contribution in [2.24, 2.45) is 0 Å². The van der Waals surface area contributed by atoms with Crippen molar-refractivity contribution in [1.82, 2.24) is 14.3 Å². The number of rotatable bonds is 4. The molecule has 6 nitrogen and oxygen atoms in total. The third-order valence-electron chi connectivity index (χ3n) is 4.62. The zero-order chi connectivity index (χ0) is 18.1. The molecular weight excluding hydrogens is 368 g/mol. The van der Waals surface area contributed by atoms with E-state index in [1.54, 1.807) is 22.6 Å². The van der Waals surface area contributed by atoms with Gasteiger partial charge in [-0.15, -0.1) is 11.3 Å². The molecule has 3 heterocycles. The molecule has 8 heteroatoms. The minimum Gasteiger partial charge on any atom is -0.353 e. The average molecular weight is 389 g/mol. The van der Waals surface area contributed by atoms with Crippen LogP contribution in [0.2, 0.25) is 0 Å². The van der Waals surface area contributed by atoms with Crippen LogP contribution in [0.1, 0.15) is 6.92 Å². The number of aromatic nitrogens is 2. The van der Waals surface area contributed by atoms with Crippen LogP contribution in [0.4, 0.5) is 5.82 Å². The fraction of sp³-hybridized carbons (Fsp3) is 0.333. The summed E-state index contributed by atoms with van der Waals surface area (Å²) in [5.41, 5.74) is 0.907. The van der Waals surface area contributed by atoms with Crippen LogP contribution in [0.5, 0.6) is 0 Å². The standard InChI is InChI=1S/C18H20N4O2S2/c1-2-26(23,24)22-11-9-21(10-12-22)18-14-6-3-4-7-15(14)19-17(20-18)16-8-5-13-25-16/h3-8,13H,2,9-12H2,1H3. The van der Waals surface area contributed by atoms with Gasteiger partial charge in [-0.3, -0.25) is 0 Å². The quantitative estimate of drug-likeness (QED) is 0.688. The van der Waals surface area contributed by atoms with Gasteiger partial charge in [0.15, 0.2) is 5.82 Å². The first kappa shape index (κ1) is 17.4. The first-order valence-electron chi connectivity index (χ1n) is 8.62. The molecule has 0 amide bonds. The lowest BCUT2D eigenvalue weighted by Gasteiger charge is -2.35. The van der Waals surface area contributed by atoms with Gasteiger partial charge in [-0.1, -0.05) is 18.2 Å². The van der Waals surface area contributed by atoms with Gasteiger partial charge in [0.25, 0.3) is 0 Å². The first-order valence-corrected chi connectivity index (χ1v) is 11.1. The Balaban J connectivity index is 1.70. The van der Waals surface area contributed by atoms with E-state index in [4.69, 9.17) is 9.97 Å². The molecule has 2 aromatic heterocycles. The predicted molar refractivity (Wildman–Crippen MR) is 106 cm³/mol. The highest BCUT2D eigenvalue weighted by Gasteiger charge is 2.27. The minimum absolute atomic E-state index is 0.145. The van der Waals surface area contributed by atoms with Crippen molar-refractivity contribution in [3.63, 3.8) is 0 Å². The first-order chi connectivity index (χ1) is 12.6. The van der Waals surface area contributed by atoms with Crippen molar-refractivity contribution in [3.8, 4) is 10.7 Å². The van der Waals surface area contributed by atoms with Crippen molar-refractivity contribution in [1.29, 1.82) is 0 Å². The zero-order valence-electron chi connectivity index (χ0n) is 14.5. The third-order valence-corrected chi connectivity index (χ3v) is 7.37. The highest BCUT2D eigenvalue weighted by Crippen LogP contribution is 2.30. The van der Waals surface area contributed by atoms with E-state index in [-0.39, 0.29) is 5.75 Å². The molecule has 1 aliphatic heterocycles. The predicted octanol–water partition coefficient (Wildman–Crippen LogP) is 2.83. The van der Waals surface area contributed by atoms with Crippen LogP contribution < -0.4 is 4.90 Å². The lowest BCUT2D eigenvalue weighted by molar-refractivity contribution is 0.385. The average Bonchev–Trinajstić information content (AvgIpc) is 3.22. The Hall–Kier alpha value is -2.03. The van der Waals surface area contributed by atoms with Crippen molar-refractivity contribution in [2.45, 2.75) is 6.92 Å². The highest BCUT2D eigenvalue weighted by atomic mass is 32.2. The molecule has 0 N–H and O–H groups in total. The van der Waals surface area contributed by atoms with E-state index in [0.717, 1.165) is 27.4 Å². The molecule has 0 atom stereocenters. The molecule has 1 fully saturated rings. The van der Waals surface area contributed by atoms with Crippen LogP contribution in [0.3, 0.4) is 0 Å². The molecule has 0 spiro atoms. The second-order valence-electron chi connectivity index (χ2n) is 6.15. The van der Waals surface area contributed by atoms with Gasteiger partial charge in [-0.25, -0.2) is 18.4 Å². The maximum absolute atomic E-state index is 12.1. The number of fused-ring (bicyclic) bond motifs is 1. The normalized spacial score (nSPS) is 16.3. The number of benzene rings is 1. The SMILES string of the molecule is CCS(=O)(=O)N1CCN(c2nc(-c3cccs3)nc3ccccc23)CC1. The number of hydrogen-bond donors (Lipinski definition) is 0. The van der Waals surface area contributed by atoms with E-state index < -0.39 is 10.0 Å². The van der Waals surface area contributed by atoms with E-state index in [1.807, 2.05) is 41.8 Å². The Labute approximate surface area is 157 Å². The number of nitrogens with zero attached hydrogens (tertiary/aromatic N) is 4. The number of anilines is 1. The Morgan fingerprint density at radius 2 is 1.81 bits per heavy atom. The lowest BCUT2D eigenvalue weighted by atomic mass is 10.2. The Morgan fingerprint density at radius 3 is 2.50 bits per heavy atom. The molecule has 0 saturated carbocycles. The molecule has 1 aliphatic rings. The number of piperazine rings is 1. The van der Waals surface area contributed by atoms with Crippen molar-refractivity contribution in [2.75, 3.05) is 36.8 Å². The fourth-order valence-electron chi connectivity index (χ4n) is 3.18. The van der Waals surface area contributed by atoms with Crippen LogP contribution >= 0.6 is 11.3 Å². The zero-order valence-corrected chi connectivity index (χ0v) is 16.1. The molecule has 26 heavy (non-hydrogen) atoms. The molecule has 0 aliphatic carbocycles. The number of thiophene rings is 1. The summed E-state index contributed by atoms with van der Waals surface area (Å²) in [6, 6.07) is 12.0. The number of sulfonamides is 1. The fourth-order valence-corrected chi connectivity index (χ4v) is 4.92. The smallest absolute Gasteiger partial charge is 0.213 e. The van der Waals surface area contributed by atoms with Crippen LogP contribution in [0.25, 0.3) is 21.6 Å². The molecule has 1 aromatic carbocycles. The molecular formula is C18H20N4O2S2. The largest absolute Gasteiger partial charge is 0.353 e. The summed E-state index contributed by atoms with van der Waals surface area (Å²) in [6.45, 7) is 3.92. The van der Waals surface area contributed by atoms with Gasteiger partial charge < -0.3 is 4.90 Å². The summed E-state index contributed by atoms with van der Waals surface area (Å²) in [6.07, 6.45) is 0. The molecule has 1 saturated heterocycles. The van der Waals surface area contributed by atoms with Crippen LogP contribution in [-0.2, 0) is 10.0 Å². The third kappa shape index (κ3) is 3.20. The monoisotopic (exact) mass is 388 g/mol. The van der Waals surface area contributed by atoms with E-state index in [2.05, 4.69) is 4.90 Å². The van der Waals surface area contributed by atoms with Crippen molar-refractivity contribution >= 4 is 38.1 Å². The van der Waals surface area contributed by atoms with Crippen molar-refractivity contribution in [3.05, 3.63) is 41.8 Å². The molecule has 0 radical (unpaired) electrons. The molecule has 3 aromatic rings. The molecule has 0 unspecified atom stereocenters. The molecule has 4 rings (SSSR count). The Morgan fingerprint density at radius 1 is 1.04 bits per heavy atom. The van der Waals surface area contributed by atoms with E-state index in [9.17, 15) is 8.42 Å². The van der Waals surface area contributed by atoms with Gasteiger partial charge in [0.2, 0.25) is 10.0 Å². The maximum atomic E-state index is 12.1. The topological polar surface area (TPSA) is 66.4 Å². The van der Waals surface area contributed by atoms with Crippen LogP contribution in [0.15, 0.2) is 41.8 Å². The Kier molecular flexibility index (Phi) is 4.64. The lowest BCUT2D eigenvalue weighted by Crippen LogP contribution is -2.49. The summed E-state index contributed by atoms with van der Waals surface area (Å²) >= 11 is 1.62. The van der Waals surface area contributed by atoms with Crippen LogP contribution in [-0.4, -0.2) is 54.6 Å². The van der Waals surface area contributed by atoms with Gasteiger partial charge >= 0.3 is 0 Å².